The van der Waals surface area contributed by atoms with Crippen molar-refractivity contribution in [3.8, 4) is 0 Å². The first kappa shape index (κ1) is 25.5. The van der Waals surface area contributed by atoms with Crippen molar-refractivity contribution in [3.05, 3.63) is 62.7 Å². The molecule has 2 amide bonds. The summed E-state index contributed by atoms with van der Waals surface area (Å²) in [4.78, 5) is 38.3. The lowest BCUT2D eigenvalue weighted by Gasteiger charge is -2.33. The van der Waals surface area contributed by atoms with Crippen LogP contribution < -0.4 is 15.5 Å². The van der Waals surface area contributed by atoms with Crippen LogP contribution in [0, 0.1) is 16.0 Å². The van der Waals surface area contributed by atoms with Crippen LogP contribution in [0.25, 0.3) is 0 Å². The van der Waals surface area contributed by atoms with Gasteiger partial charge in [-0.1, -0.05) is 18.5 Å². The van der Waals surface area contributed by atoms with Gasteiger partial charge in [-0.05, 0) is 49.4 Å². The minimum atomic E-state index is -0.578. The summed E-state index contributed by atoms with van der Waals surface area (Å²) in [5, 5.41) is 16.6. The zero-order valence-corrected chi connectivity index (χ0v) is 20.1. The Balaban J connectivity index is 1.83. The molecule has 1 aliphatic heterocycles. The van der Waals surface area contributed by atoms with Gasteiger partial charge in [0.1, 0.15) is 0 Å². The number of piperidine rings is 1. The van der Waals surface area contributed by atoms with Crippen LogP contribution in [-0.2, 0) is 4.74 Å². The van der Waals surface area contributed by atoms with Crippen molar-refractivity contribution in [2.45, 2.75) is 26.2 Å². The summed E-state index contributed by atoms with van der Waals surface area (Å²) in [6, 6.07) is 8.90. The van der Waals surface area contributed by atoms with Gasteiger partial charge in [0, 0.05) is 56.9 Å². The topological polar surface area (TPSA) is 114 Å². The largest absolute Gasteiger partial charge is 0.385 e. The highest BCUT2D eigenvalue weighted by Gasteiger charge is 2.22. The number of halogens is 1. The van der Waals surface area contributed by atoms with Gasteiger partial charge in [0.05, 0.1) is 21.1 Å². The fourth-order valence-electron chi connectivity index (χ4n) is 3.83. The molecule has 2 N–H and O–H groups in total. The monoisotopic (exact) mass is 488 g/mol. The maximum atomic E-state index is 13.0. The van der Waals surface area contributed by atoms with Gasteiger partial charge in [0.25, 0.3) is 17.5 Å². The summed E-state index contributed by atoms with van der Waals surface area (Å²) in [5.41, 5.74) is 1.62. The molecule has 182 valence electrons. The van der Waals surface area contributed by atoms with Crippen molar-refractivity contribution in [3.63, 3.8) is 0 Å². The Labute approximate surface area is 203 Å². The van der Waals surface area contributed by atoms with Crippen LogP contribution >= 0.6 is 11.6 Å². The number of non-ortho nitro benzene ring substituents is 1. The molecule has 0 aliphatic carbocycles. The molecule has 0 bridgehead atoms. The third-order valence-electron chi connectivity index (χ3n) is 5.84. The Morgan fingerprint density at radius 1 is 1.15 bits per heavy atom. The van der Waals surface area contributed by atoms with Gasteiger partial charge in [0.15, 0.2) is 0 Å². The lowest BCUT2D eigenvalue weighted by molar-refractivity contribution is -0.384. The molecule has 1 aliphatic rings. The van der Waals surface area contributed by atoms with Crippen molar-refractivity contribution in [2.75, 3.05) is 43.6 Å². The van der Waals surface area contributed by atoms with Crippen molar-refractivity contribution < 1.29 is 19.2 Å². The Hall–Kier alpha value is -3.17. The zero-order valence-electron chi connectivity index (χ0n) is 19.3. The molecule has 0 atom stereocenters. The highest BCUT2D eigenvalue weighted by molar-refractivity contribution is 6.34. The molecule has 1 saturated heterocycles. The third-order valence-corrected chi connectivity index (χ3v) is 6.15. The first-order valence-corrected chi connectivity index (χ1v) is 11.6. The van der Waals surface area contributed by atoms with Crippen LogP contribution in [0.3, 0.4) is 0 Å². The molecule has 0 spiro atoms. The van der Waals surface area contributed by atoms with Crippen LogP contribution in [0.1, 0.15) is 46.9 Å². The van der Waals surface area contributed by atoms with Gasteiger partial charge in [-0.3, -0.25) is 19.7 Å². The molecule has 1 fully saturated rings. The van der Waals surface area contributed by atoms with Gasteiger partial charge in [0.2, 0.25) is 0 Å². The number of anilines is 2. The third kappa shape index (κ3) is 6.45. The van der Waals surface area contributed by atoms with Crippen molar-refractivity contribution >= 4 is 40.5 Å². The molecular formula is C24H29ClN4O5. The molecule has 0 saturated carbocycles. The smallest absolute Gasteiger partial charge is 0.270 e. The Kier molecular flexibility index (Phi) is 8.84. The number of ether oxygens (including phenoxy) is 1. The summed E-state index contributed by atoms with van der Waals surface area (Å²) >= 11 is 6.09. The number of nitrogens with zero attached hydrogens (tertiary/aromatic N) is 2. The minimum Gasteiger partial charge on any atom is -0.385 e. The predicted molar refractivity (Wildman–Crippen MR) is 132 cm³/mol. The van der Waals surface area contributed by atoms with Crippen molar-refractivity contribution in [1.82, 2.24) is 5.32 Å². The van der Waals surface area contributed by atoms with E-state index in [1.54, 1.807) is 19.2 Å². The van der Waals surface area contributed by atoms with Gasteiger partial charge in [-0.2, -0.15) is 0 Å². The van der Waals surface area contributed by atoms with E-state index in [9.17, 15) is 19.7 Å². The van der Waals surface area contributed by atoms with E-state index in [1.165, 1.54) is 12.1 Å². The first-order chi connectivity index (χ1) is 16.3. The van der Waals surface area contributed by atoms with Gasteiger partial charge < -0.3 is 20.3 Å². The van der Waals surface area contributed by atoms with E-state index >= 15 is 0 Å². The number of carbonyl (C=O) groups excluding carboxylic acids is 2. The summed E-state index contributed by atoms with van der Waals surface area (Å²) in [6.07, 6.45) is 2.78. The summed E-state index contributed by atoms with van der Waals surface area (Å²) in [6.45, 7) is 4.95. The zero-order chi connectivity index (χ0) is 24.7. The van der Waals surface area contributed by atoms with Gasteiger partial charge in [-0.15, -0.1) is 0 Å². The number of methoxy groups -OCH3 is 1. The molecule has 10 heteroatoms. The lowest BCUT2D eigenvalue weighted by atomic mass is 9.97. The van der Waals surface area contributed by atoms with E-state index in [1.807, 2.05) is 6.07 Å². The molecule has 34 heavy (non-hydrogen) atoms. The van der Waals surface area contributed by atoms with Gasteiger partial charge >= 0.3 is 0 Å². The standard InChI is InChI=1S/C24H29ClN4O5/c1-16-8-11-28(12-9-16)22-7-4-17(14-20(22)23(30)26-10-3-13-34-2)27-24(31)19-6-5-18(29(32)33)15-21(19)25/h4-7,14-16H,3,8-13H2,1-2H3,(H,26,30)(H,27,31). The summed E-state index contributed by atoms with van der Waals surface area (Å²) < 4.78 is 5.04. The maximum Gasteiger partial charge on any atom is 0.270 e. The average molecular weight is 489 g/mol. The normalized spacial score (nSPS) is 14.0. The highest BCUT2D eigenvalue weighted by atomic mass is 35.5. The average Bonchev–Trinajstić information content (AvgIpc) is 2.82. The van der Waals surface area contributed by atoms with E-state index in [2.05, 4.69) is 22.5 Å². The number of carbonyl (C=O) groups is 2. The van der Waals surface area contributed by atoms with E-state index < -0.39 is 10.8 Å². The second-order valence-electron chi connectivity index (χ2n) is 8.38. The molecule has 0 radical (unpaired) electrons. The maximum absolute atomic E-state index is 13.0. The Morgan fingerprint density at radius 2 is 1.88 bits per heavy atom. The van der Waals surface area contributed by atoms with Crippen LogP contribution in [0.2, 0.25) is 5.02 Å². The number of amides is 2. The molecule has 1 heterocycles. The number of nitro benzene ring substituents is 1. The SMILES string of the molecule is COCCCNC(=O)c1cc(NC(=O)c2ccc([N+](=O)[O-])cc2Cl)ccc1N1CCC(C)CC1. The fraction of sp³-hybridized carbons (Fsp3) is 0.417. The van der Waals surface area contributed by atoms with Crippen molar-refractivity contribution in [1.29, 1.82) is 0 Å². The molecule has 0 aromatic heterocycles. The number of rotatable bonds is 9. The first-order valence-electron chi connectivity index (χ1n) is 11.2. The van der Waals surface area contributed by atoms with E-state index in [-0.39, 0.29) is 22.2 Å². The van der Waals surface area contributed by atoms with E-state index in [0.717, 1.165) is 37.7 Å². The molecule has 2 aromatic rings. The number of hydrogen-bond donors (Lipinski definition) is 2. The second kappa shape index (κ2) is 11.8. The minimum absolute atomic E-state index is 0.0260. The number of nitrogens with one attached hydrogen (secondary N) is 2. The van der Waals surface area contributed by atoms with Gasteiger partial charge in [-0.25, -0.2) is 0 Å². The number of benzene rings is 2. The number of hydrogen-bond acceptors (Lipinski definition) is 6. The molecule has 2 aromatic carbocycles. The Bertz CT molecular complexity index is 1050. The van der Waals surface area contributed by atoms with Crippen LogP contribution in [0.5, 0.6) is 0 Å². The molecule has 3 rings (SSSR count). The molecule has 0 unspecified atom stereocenters. The molecule has 9 nitrogen and oxygen atoms in total. The quantitative estimate of drug-likeness (QED) is 0.305. The lowest BCUT2D eigenvalue weighted by Crippen LogP contribution is -2.35. The van der Waals surface area contributed by atoms with Crippen LogP contribution in [-0.4, -0.2) is 50.1 Å². The predicted octanol–water partition coefficient (Wildman–Crippen LogP) is 4.50. The number of nitro groups is 1. The van der Waals surface area contributed by atoms with Crippen molar-refractivity contribution in [2.24, 2.45) is 5.92 Å². The van der Waals surface area contributed by atoms with Crippen LogP contribution in [0.4, 0.5) is 17.1 Å². The highest BCUT2D eigenvalue weighted by Crippen LogP contribution is 2.29. The van der Waals surface area contributed by atoms with E-state index in [4.69, 9.17) is 16.3 Å². The fourth-order valence-corrected chi connectivity index (χ4v) is 4.10. The van der Waals surface area contributed by atoms with E-state index in [0.29, 0.717) is 36.7 Å². The Morgan fingerprint density at radius 3 is 2.53 bits per heavy atom. The second-order valence-corrected chi connectivity index (χ2v) is 8.79. The molecular weight excluding hydrogens is 460 g/mol. The van der Waals surface area contributed by atoms with Crippen LogP contribution in [0.15, 0.2) is 36.4 Å². The summed E-state index contributed by atoms with van der Waals surface area (Å²) in [5.74, 6) is -0.104. The summed E-state index contributed by atoms with van der Waals surface area (Å²) in [7, 11) is 1.61.